The molecule has 0 spiro atoms. The first-order valence-corrected chi connectivity index (χ1v) is 6.75. The molecule has 6 heteroatoms. The van der Waals surface area contributed by atoms with Crippen molar-refractivity contribution in [1.29, 1.82) is 0 Å². The van der Waals surface area contributed by atoms with Crippen molar-refractivity contribution in [2.24, 2.45) is 0 Å². The van der Waals surface area contributed by atoms with Crippen LogP contribution in [0, 0.1) is 0 Å². The Morgan fingerprint density at radius 1 is 1.29 bits per heavy atom. The van der Waals surface area contributed by atoms with E-state index in [1.165, 1.54) is 23.5 Å². The summed E-state index contributed by atoms with van der Waals surface area (Å²) in [6.07, 6.45) is 0. The summed E-state index contributed by atoms with van der Waals surface area (Å²) in [5.41, 5.74) is 0. The molecular formula is C11H17NO4S. The molecule has 1 aromatic rings. The Morgan fingerprint density at radius 2 is 1.88 bits per heavy atom. The second kappa shape index (κ2) is 6.00. The highest BCUT2D eigenvalue weighted by atomic mass is 32.2. The largest absolute Gasteiger partial charge is 0.497 e. The molecule has 0 unspecified atom stereocenters. The minimum absolute atomic E-state index is 0.102. The lowest BCUT2D eigenvalue weighted by atomic mass is 10.3. The minimum Gasteiger partial charge on any atom is -0.497 e. The van der Waals surface area contributed by atoms with Crippen LogP contribution >= 0.6 is 0 Å². The molecule has 0 heterocycles. The summed E-state index contributed by atoms with van der Waals surface area (Å²) >= 11 is 0. The summed E-state index contributed by atoms with van der Waals surface area (Å²) in [5, 5.41) is 8.83. The first-order chi connectivity index (χ1) is 8.06. The van der Waals surface area contributed by atoms with Gasteiger partial charge >= 0.3 is 0 Å². The minimum atomic E-state index is -3.52. The number of aliphatic hydroxyl groups excluding tert-OH is 1. The number of methoxy groups -OCH3 is 1. The lowest BCUT2D eigenvalue weighted by molar-refractivity contribution is 0.257. The van der Waals surface area contributed by atoms with E-state index < -0.39 is 10.0 Å². The Balaban J connectivity index is 3.02. The highest BCUT2D eigenvalue weighted by molar-refractivity contribution is 7.89. The molecule has 0 fully saturated rings. The molecule has 0 aliphatic heterocycles. The van der Waals surface area contributed by atoms with Gasteiger partial charge in [-0.05, 0) is 24.3 Å². The summed E-state index contributed by atoms with van der Waals surface area (Å²) in [5.74, 6) is 0.606. The van der Waals surface area contributed by atoms with Gasteiger partial charge in [0.05, 0.1) is 18.6 Å². The summed E-state index contributed by atoms with van der Waals surface area (Å²) in [6.45, 7) is 1.97. The number of benzene rings is 1. The molecule has 0 bridgehead atoms. The van der Waals surface area contributed by atoms with Crippen LogP contribution < -0.4 is 4.74 Å². The molecule has 0 aliphatic carbocycles. The lowest BCUT2D eigenvalue weighted by Gasteiger charge is -2.19. The maximum absolute atomic E-state index is 12.1. The van der Waals surface area contributed by atoms with Crippen LogP contribution in [0.4, 0.5) is 0 Å². The SMILES string of the molecule is CCN(CCO)S(=O)(=O)c1ccc(OC)cc1. The number of hydrogen-bond donors (Lipinski definition) is 1. The van der Waals surface area contributed by atoms with Crippen LogP contribution in [0.5, 0.6) is 5.75 Å². The van der Waals surface area contributed by atoms with Crippen LogP contribution in [-0.2, 0) is 10.0 Å². The van der Waals surface area contributed by atoms with Gasteiger partial charge in [0.1, 0.15) is 5.75 Å². The quantitative estimate of drug-likeness (QED) is 0.816. The third kappa shape index (κ3) is 3.18. The van der Waals surface area contributed by atoms with E-state index in [0.717, 1.165) is 0 Å². The molecule has 0 atom stereocenters. The highest BCUT2D eigenvalue weighted by Gasteiger charge is 2.22. The van der Waals surface area contributed by atoms with Gasteiger partial charge in [0.15, 0.2) is 0 Å². The fourth-order valence-corrected chi connectivity index (χ4v) is 2.90. The van der Waals surface area contributed by atoms with Crippen LogP contribution in [0.1, 0.15) is 6.92 Å². The number of likely N-dealkylation sites (N-methyl/N-ethyl adjacent to an activating group) is 1. The Morgan fingerprint density at radius 3 is 2.29 bits per heavy atom. The van der Waals surface area contributed by atoms with Gasteiger partial charge in [-0.25, -0.2) is 8.42 Å². The van der Waals surface area contributed by atoms with Crippen molar-refractivity contribution in [3.63, 3.8) is 0 Å². The predicted molar refractivity (Wildman–Crippen MR) is 64.5 cm³/mol. The zero-order valence-corrected chi connectivity index (χ0v) is 10.8. The van der Waals surface area contributed by atoms with E-state index >= 15 is 0 Å². The van der Waals surface area contributed by atoms with E-state index in [4.69, 9.17) is 9.84 Å². The van der Waals surface area contributed by atoms with Gasteiger partial charge in [0, 0.05) is 13.1 Å². The standard InChI is InChI=1S/C11H17NO4S/c1-3-12(8-9-13)17(14,15)11-6-4-10(16-2)5-7-11/h4-7,13H,3,8-9H2,1-2H3. The van der Waals surface area contributed by atoms with Crippen LogP contribution in [-0.4, -0.2) is 44.6 Å². The van der Waals surface area contributed by atoms with E-state index in [-0.39, 0.29) is 18.0 Å². The predicted octanol–water partition coefficient (Wildman–Crippen LogP) is 0.698. The molecule has 0 saturated carbocycles. The summed E-state index contributed by atoms with van der Waals surface area (Å²) in [7, 11) is -2.00. The van der Waals surface area contributed by atoms with Crippen LogP contribution in [0.25, 0.3) is 0 Å². The van der Waals surface area contributed by atoms with Crippen LogP contribution in [0.2, 0.25) is 0 Å². The maximum atomic E-state index is 12.1. The van der Waals surface area contributed by atoms with Crippen molar-refractivity contribution < 1.29 is 18.3 Å². The Labute approximate surface area is 102 Å². The molecule has 0 aromatic heterocycles. The van der Waals surface area contributed by atoms with Crippen LogP contribution in [0.15, 0.2) is 29.2 Å². The first-order valence-electron chi connectivity index (χ1n) is 5.31. The molecule has 0 aliphatic rings. The van der Waals surface area contributed by atoms with Crippen molar-refractivity contribution in [2.75, 3.05) is 26.8 Å². The second-order valence-electron chi connectivity index (χ2n) is 3.40. The van der Waals surface area contributed by atoms with Crippen molar-refractivity contribution in [2.45, 2.75) is 11.8 Å². The molecule has 1 N–H and O–H groups in total. The first kappa shape index (κ1) is 14.0. The van der Waals surface area contributed by atoms with E-state index in [2.05, 4.69) is 0 Å². The van der Waals surface area contributed by atoms with Gasteiger partial charge in [-0.3, -0.25) is 0 Å². The highest BCUT2D eigenvalue weighted by Crippen LogP contribution is 2.18. The number of nitrogens with zero attached hydrogens (tertiary/aromatic N) is 1. The van der Waals surface area contributed by atoms with Crippen molar-refractivity contribution in [3.05, 3.63) is 24.3 Å². The molecule has 1 rings (SSSR count). The summed E-state index contributed by atoms with van der Waals surface area (Å²) < 4.78 is 30.5. The van der Waals surface area contributed by atoms with Crippen molar-refractivity contribution in [3.8, 4) is 5.75 Å². The number of hydrogen-bond acceptors (Lipinski definition) is 4. The Kier molecular flexibility index (Phi) is 4.92. The average molecular weight is 259 g/mol. The zero-order valence-electron chi connectivity index (χ0n) is 9.96. The number of ether oxygens (including phenoxy) is 1. The molecule has 0 amide bonds. The molecule has 0 saturated heterocycles. The molecule has 1 aromatic carbocycles. The van der Waals surface area contributed by atoms with Gasteiger partial charge < -0.3 is 9.84 Å². The third-order valence-electron chi connectivity index (χ3n) is 2.40. The third-order valence-corrected chi connectivity index (χ3v) is 4.39. The smallest absolute Gasteiger partial charge is 0.243 e. The van der Waals surface area contributed by atoms with E-state index in [9.17, 15) is 8.42 Å². The molecular weight excluding hydrogens is 242 g/mol. The van der Waals surface area contributed by atoms with Gasteiger partial charge in [-0.2, -0.15) is 4.31 Å². The van der Waals surface area contributed by atoms with Crippen molar-refractivity contribution >= 4 is 10.0 Å². The normalized spacial score (nSPS) is 11.8. The second-order valence-corrected chi connectivity index (χ2v) is 5.33. The molecule has 17 heavy (non-hydrogen) atoms. The van der Waals surface area contributed by atoms with E-state index in [1.807, 2.05) is 0 Å². The average Bonchev–Trinajstić information content (AvgIpc) is 2.35. The fraction of sp³-hybridized carbons (Fsp3) is 0.455. The van der Waals surface area contributed by atoms with Crippen LogP contribution in [0.3, 0.4) is 0 Å². The van der Waals surface area contributed by atoms with E-state index in [0.29, 0.717) is 12.3 Å². The summed E-state index contributed by atoms with van der Waals surface area (Å²) in [4.78, 5) is 0.202. The van der Waals surface area contributed by atoms with E-state index in [1.54, 1.807) is 19.1 Å². The zero-order chi connectivity index (χ0) is 12.9. The number of sulfonamides is 1. The van der Waals surface area contributed by atoms with Gasteiger partial charge in [0.25, 0.3) is 0 Å². The lowest BCUT2D eigenvalue weighted by Crippen LogP contribution is -2.33. The summed E-state index contributed by atoms with van der Waals surface area (Å²) in [6, 6.07) is 6.18. The maximum Gasteiger partial charge on any atom is 0.243 e. The fourth-order valence-electron chi connectivity index (χ4n) is 1.46. The molecule has 5 nitrogen and oxygen atoms in total. The van der Waals surface area contributed by atoms with Gasteiger partial charge in [-0.15, -0.1) is 0 Å². The monoisotopic (exact) mass is 259 g/mol. The topological polar surface area (TPSA) is 66.8 Å². The molecule has 96 valence electrons. The Bertz CT molecular complexity index is 441. The van der Waals surface area contributed by atoms with Gasteiger partial charge in [0.2, 0.25) is 10.0 Å². The van der Waals surface area contributed by atoms with Gasteiger partial charge in [-0.1, -0.05) is 6.92 Å². The number of aliphatic hydroxyl groups is 1. The Hall–Kier alpha value is -1.11. The van der Waals surface area contributed by atoms with Crippen molar-refractivity contribution in [1.82, 2.24) is 4.31 Å². The number of rotatable bonds is 6. The molecule has 0 radical (unpaired) electrons.